The van der Waals surface area contributed by atoms with E-state index in [0.717, 1.165) is 31.4 Å². The van der Waals surface area contributed by atoms with Gasteiger partial charge in [0.15, 0.2) is 0 Å². The van der Waals surface area contributed by atoms with Gasteiger partial charge in [-0.05, 0) is 25.0 Å². The summed E-state index contributed by atoms with van der Waals surface area (Å²) in [5.41, 5.74) is -0.433. The Kier molecular flexibility index (Phi) is 4.59. The molecule has 1 fully saturated rings. The summed E-state index contributed by atoms with van der Waals surface area (Å²) in [5.74, 6) is -1.56. The Morgan fingerprint density at radius 3 is 2.38 bits per heavy atom. The van der Waals surface area contributed by atoms with Gasteiger partial charge in [0.25, 0.3) is 5.91 Å². The lowest BCUT2D eigenvalue weighted by Gasteiger charge is -2.28. The third kappa shape index (κ3) is 3.29. The molecule has 24 heavy (non-hydrogen) atoms. The summed E-state index contributed by atoms with van der Waals surface area (Å²) in [4.78, 5) is 28.2. The fraction of sp³-hybridized carbons (Fsp3) is 0.412. The van der Waals surface area contributed by atoms with Gasteiger partial charge in [-0.2, -0.15) is 0 Å². The van der Waals surface area contributed by atoms with Gasteiger partial charge < -0.3 is 10.4 Å². The van der Waals surface area contributed by atoms with E-state index in [-0.39, 0.29) is 5.82 Å². The average Bonchev–Trinajstić information content (AvgIpc) is 2.97. The van der Waals surface area contributed by atoms with E-state index in [9.17, 15) is 14.7 Å². The summed E-state index contributed by atoms with van der Waals surface area (Å²) in [6.07, 6.45) is 5.89. The second-order valence-electron chi connectivity index (χ2n) is 6.10. The van der Waals surface area contributed by atoms with Gasteiger partial charge in [0.05, 0.1) is 5.69 Å². The minimum atomic E-state index is -1.22. The molecule has 0 unspecified atom stereocenters. The lowest BCUT2D eigenvalue weighted by atomic mass is 9.90. The molecule has 0 aliphatic heterocycles. The van der Waals surface area contributed by atoms with Crippen molar-refractivity contribution in [2.45, 2.75) is 44.1 Å². The molecule has 0 saturated heterocycles. The summed E-state index contributed by atoms with van der Waals surface area (Å²) in [7, 11) is 0. The second-order valence-corrected chi connectivity index (χ2v) is 6.10. The van der Waals surface area contributed by atoms with Crippen LogP contribution in [0.15, 0.2) is 36.7 Å². The zero-order valence-electron chi connectivity index (χ0n) is 13.3. The Hall–Kier alpha value is -2.70. The number of benzene rings is 1. The van der Waals surface area contributed by atoms with Crippen molar-refractivity contribution >= 4 is 11.9 Å². The quantitative estimate of drug-likeness (QED) is 0.838. The largest absolute Gasteiger partial charge is 0.480 e. The Morgan fingerprint density at radius 2 is 1.75 bits per heavy atom. The highest BCUT2D eigenvalue weighted by Gasteiger charge is 2.40. The van der Waals surface area contributed by atoms with Crippen LogP contribution in [0.25, 0.3) is 5.69 Å². The third-order valence-electron chi connectivity index (χ3n) is 4.43. The molecule has 1 amide bonds. The number of para-hydroxylation sites is 1. The molecular weight excluding hydrogens is 308 g/mol. The monoisotopic (exact) mass is 328 g/mol. The first-order valence-electron chi connectivity index (χ1n) is 8.14. The molecular formula is C17H20N4O3. The van der Waals surface area contributed by atoms with Crippen molar-refractivity contribution in [3.05, 3.63) is 42.5 Å². The Bertz CT molecular complexity index is 718. The van der Waals surface area contributed by atoms with Crippen molar-refractivity contribution in [1.29, 1.82) is 0 Å². The van der Waals surface area contributed by atoms with Crippen molar-refractivity contribution in [2.24, 2.45) is 0 Å². The number of carboxylic acid groups (broad SMARTS) is 1. The van der Waals surface area contributed by atoms with E-state index < -0.39 is 17.4 Å². The molecule has 7 nitrogen and oxygen atoms in total. The van der Waals surface area contributed by atoms with Crippen LogP contribution in [0.5, 0.6) is 0 Å². The van der Waals surface area contributed by atoms with E-state index in [1.165, 1.54) is 11.0 Å². The molecule has 0 bridgehead atoms. The smallest absolute Gasteiger partial charge is 0.329 e. The average molecular weight is 328 g/mol. The van der Waals surface area contributed by atoms with E-state index >= 15 is 0 Å². The van der Waals surface area contributed by atoms with Crippen molar-refractivity contribution < 1.29 is 14.7 Å². The lowest BCUT2D eigenvalue weighted by molar-refractivity contribution is -0.145. The number of rotatable bonds is 4. The number of aliphatic carboxylic acids is 1. The highest BCUT2D eigenvalue weighted by Crippen LogP contribution is 2.27. The second kappa shape index (κ2) is 6.82. The number of hydrogen-bond donors (Lipinski definition) is 2. The molecule has 1 aromatic carbocycles. The first-order valence-corrected chi connectivity index (χ1v) is 8.14. The van der Waals surface area contributed by atoms with Crippen molar-refractivity contribution in [1.82, 2.24) is 20.1 Å². The molecule has 2 aromatic rings. The number of nitrogens with one attached hydrogen (secondary N) is 1. The van der Waals surface area contributed by atoms with Crippen LogP contribution in [-0.2, 0) is 4.79 Å². The van der Waals surface area contributed by atoms with Crippen LogP contribution in [-0.4, -0.2) is 37.3 Å². The van der Waals surface area contributed by atoms with Gasteiger partial charge in [-0.15, -0.1) is 5.10 Å². The SMILES string of the molecule is O=C(NC1(C(=O)O)CCCCCC1)c1ncn(-c2ccccc2)n1. The van der Waals surface area contributed by atoms with E-state index in [1.54, 1.807) is 0 Å². The van der Waals surface area contributed by atoms with Crippen molar-refractivity contribution in [2.75, 3.05) is 0 Å². The highest BCUT2D eigenvalue weighted by molar-refractivity contribution is 5.95. The third-order valence-corrected chi connectivity index (χ3v) is 4.43. The molecule has 0 atom stereocenters. The fourth-order valence-electron chi connectivity index (χ4n) is 3.07. The van der Waals surface area contributed by atoms with Crippen molar-refractivity contribution in [3.8, 4) is 5.69 Å². The van der Waals surface area contributed by atoms with Crippen LogP contribution >= 0.6 is 0 Å². The normalized spacial score (nSPS) is 17.0. The van der Waals surface area contributed by atoms with Gasteiger partial charge in [0.2, 0.25) is 5.82 Å². The molecule has 1 aromatic heterocycles. The molecule has 0 radical (unpaired) electrons. The molecule has 3 rings (SSSR count). The van der Waals surface area contributed by atoms with Gasteiger partial charge in [-0.1, -0.05) is 43.9 Å². The predicted molar refractivity (Wildman–Crippen MR) is 86.9 cm³/mol. The molecule has 2 N–H and O–H groups in total. The molecule has 0 spiro atoms. The number of amides is 1. The molecule has 1 aliphatic rings. The van der Waals surface area contributed by atoms with Crippen LogP contribution in [0.1, 0.15) is 49.1 Å². The fourth-order valence-corrected chi connectivity index (χ4v) is 3.07. The topological polar surface area (TPSA) is 97.1 Å². The van der Waals surface area contributed by atoms with E-state index in [0.29, 0.717) is 12.8 Å². The van der Waals surface area contributed by atoms with Gasteiger partial charge in [0, 0.05) is 0 Å². The molecule has 126 valence electrons. The standard InChI is InChI=1S/C17H20N4O3/c22-15(19-17(16(23)24)10-6-1-2-7-11-17)14-18-12-21(20-14)13-8-4-3-5-9-13/h3-5,8-9,12H,1-2,6-7,10-11H2,(H,19,22)(H,23,24). The first kappa shape index (κ1) is 16.2. The number of nitrogens with zero attached hydrogens (tertiary/aromatic N) is 3. The first-order chi connectivity index (χ1) is 11.6. The molecule has 7 heteroatoms. The summed E-state index contributed by atoms with van der Waals surface area (Å²) < 4.78 is 1.50. The number of aromatic nitrogens is 3. The number of hydrogen-bond acceptors (Lipinski definition) is 4. The molecule has 1 heterocycles. The van der Waals surface area contributed by atoms with Crippen LogP contribution in [0.2, 0.25) is 0 Å². The Labute approximate surface area is 139 Å². The van der Waals surface area contributed by atoms with Crippen molar-refractivity contribution in [3.63, 3.8) is 0 Å². The van der Waals surface area contributed by atoms with Gasteiger partial charge >= 0.3 is 5.97 Å². The molecule has 1 aliphatic carbocycles. The maximum absolute atomic E-state index is 12.5. The number of carboxylic acids is 1. The predicted octanol–water partition coefficient (Wildman–Crippen LogP) is 2.17. The van der Waals surface area contributed by atoms with Crippen LogP contribution in [0.4, 0.5) is 0 Å². The Balaban J connectivity index is 1.79. The zero-order chi connectivity index (χ0) is 17.0. The van der Waals surface area contributed by atoms with E-state index in [4.69, 9.17) is 0 Å². The Morgan fingerprint density at radius 1 is 1.08 bits per heavy atom. The van der Waals surface area contributed by atoms with E-state index in [2.05, 4.69) is 15.4 Å². The van der Waals surface area contributed by atoms with E-state index in [1.807, 2.05) is 30.3 Å². The van der Waals surface area contributed by atoms with Gasteiger partial charge in [-0.25, -0.2) is 14.5 Å². The summed E-state index contributed by atoms with van der Waals surface area (Å²) in [5, 5.41) is 16.5. The summed E-state index contributed by atoms with van der Waals surface area (Å²) in [6.45, 7) is 0. The minimum absolute atomic E-state index is 0.0243. The molecule has 1 saturated carbocycles. The maximum Gasteiger partial charge on any atom is 0.329 e. The van der Waals surface area contributed by atoms with Crippen LogP contribution in [0.3, 0.4) is 0 Å². The lowest BCUT2D eigenvalue weighted by Crippen LogP contribution is -2.54. The number of carbonyl (C=O) groups is 2. The highest BCUT2D eigenvalue weighted by atomic mass is 16.4. The minimum Gasteiger partial charge on any atom is -0.480 e. The van der Waals surface area contributed by atoms with Gasteiger partial charge in [-0.3, -0.25) is 4.79 Å². The maximum atomic E-state index is 12.5. The number of carbonyl (C=O) groups excluding carboxylic acids is 1. The van der Waals surface area contributed by atoms with Crippen LogP contribution < -0.4 is 5.32 Å². The van der Waals surface area contributed by atoms with Gasteiger partial charge in [0.1, 0.15) is 11.9 Å². The summed E-state index contributed by atoms with van der Waals surface area (Å²) >= 11 is 0. The zero-order valence-corrected chi connectivity index (χ0v) is 13.3. The van der Waals surface area contributed by atoms with Crippen LogP contribution in [0, 0.1) is 0 Å². The summed E-state index contributed by atoms with van der Waals surface area (Å²) in [6, 6.07) is 9.31.